The summed E-state index contributed by atoms with van der Waals surface area (Å²) >= 11 is 0. The SMILES string of the molecule is CCNC(=NCc1cccc(F)c1)NCC1(N(C)C)CCOCC1. The normalized spacial score (nSPS) is 17.8. The summed E-state index contributed by atoms with van der Waals surface area (Å²) in [5.74, 6) is 0.531. The van der Waals surface area contributed by atoms with E-state index in [1.165, 1.54) is 12.1 Å². The summed E-state index contributed by atoms with van der Waals surface area (Å²) in [6.07, 6.45) is 1.99. The predicted octanol–water partition coefficient (Wildman–Crippen LogP) is 1.99. The van der Waals surface area contributed by atoms with Gasteiger partial charge in [0.2, 0.25) is 0 Å². The molecule has 1 aromatic carbocycles. The molecular weight excluding hydrogens is 307 g/mol. The largest absolute Gasteiger partial charge is 0.381 e. The predicted molar refractivity (Wildman–Crippen MR) is 95.7 cm³/mol. The third-order valence-corrected chi connectivity index (χ3v) is 4.61. The van der Waals surface area contributed by atoms with Crippen molar-refractivity contribution < 1.29 is 9.13 Å². The minimum absolute atomic E-state index is 0.0767. The molecule has 0 bridgehead atoms. The van der Waals surface area contributed by atoms with E-state index in [4.69, 9.17) is 4.74 Å². The average molecular weight is 336 g/mol. The van der Waals surface area contributed by atoms with E-state index in [1.807, 2.05) is 13.0 Å². The van der Waals surface area contributed by atoms with Gasteiger partial charge in [-0.15, -0.1) is 0 Å². The summed E-state index contributed by atoms with van der Waals surface area (Å²) in [6.45, 7) is 5.65. The number of hydrogen-bond donors (Lipinski definition) is 2. The van der Waals surface area contributed by atoms with Crippen LogP contribution in [0.15, 0.2) is 29.3 Å². The number of ether oxygens (including phenoxy) is 1. The van der Waals surface area contributed by atoms with Crippen LogP contribution in [0.2, 0.25) is 0 Å². The molecule has 1 heterocycles. The zero-order valence-corrected chi connectivity index (χ0v) is 14.9. The van der Waals surface area contributed by atoms with Crippen LogP contribution in [0.3, 0.4) is 0 Å². The topological polar surface area (TPSA) is 48.9 Å². The van der Waals surface area contributed by atoms with Crippen molar-refractivity contribution >= 4 is 5.96 Å². The number of halogens is 1. The second kappa shape index (κ2) is 8.99. The molecule has 6 heteroatoms. The highest BCUT2D eigenvalue weighted by Gasteiger charge is 2.34. The molecule has 2 N–H and O–H groups in total. The van der Waals surface area contributed by atoms with Crippen molar-refractivity contribution in [1.82, 2.24) is 15.5 Å². The van der Waals surface area contributed by atoms with Crippen molar-refractivity contribution in [1.29, 1.82) is 0 Å². The summed E-state index contributed by atoms with van der Waals surface area (Å²) in [5.41, 5.74) is 0.938. The van der Waals surface area contributed by atoms with Crippen molar-refractivity contribution in [2.45, 2.75) is 31.8 Å². The van der Waals surface area contributed by atoms with Crippen LogP contribution in [-0.4, -0.2) is 56.8 Å². The first-order valence-corrected chi connectivity index (χ1v) is 8.57. The van der Waals surface area contributed by atoms with Crippen LogP contribution in [-0.2, 0) is 11.3 Å². The molecule has 134 valence electrons. The van der Waals surface area contributed by atoms with Crippen LogP contribution < -0.4 is 10.6 Å². The van der Waals surface area contributed by atoms with E-state index in [0.29, 0.717) is 6.54 Å². The van der Waals surface area contributed by atoms with Crippen molar-refractivity contribution in [3.05, 3.63) is 35.6 Å². The Balaban J connectivity index is 2.00. The molecule has 1 aromatic rings. The fourth-order valence-corrected chi connectivity index (χ4v) is 2.93. The molecule has 2 rings (SSSR count). The van der Waals surface area contributed by atoms with Gasteiger partial charge in [0, 0.05) is 31.8 Å². The number of rotatable bonds is 6. The molecule has 1 aliphatic rings. The summed E-state index contributed by atoms with van der Waals surface area (Å²) in [5, 5.41) is 6.70. The fourth-order valence-electron chi connectivity index (χ4n) is 2.93. The first-order chi connectivity index (χ1) is 11.6. The lowest BCUT2D eigenvalue weighted by Gasteiger charge is -2.43. The molecule has 0 atom stereocenters. The number of hydrogen-bond acceptors (Lipinski definition) is 3. The molecule has 0 amide bonds. The second-order valence-corrected chi connectivity index (χ2v) is 6.41. The van der Waals surface area contributed by atoms with E-state index in [2.05, 4.69) is 34.6 Å². The molecular formula is C18H29FN4O. The standard InChI is InChI=1S/C18H29FN4O/c1-4-20-17(21-13-15-6-5-7-16(19)12-15)22-14-18(23(2)3)8-10-24-11-9-18/h5-7,12H,4,8-11,13-14H2,1-3H3,(H2,20,21,22). The maximum atomic E-state index is 13.3. The highest BCUT2D eigenvalue weighted by atomic mass is 19.1. The molecule has 0 saturated carbocycles. The quantitative estimate of drug-likeness (QED) is 0.616. The molecule has 1 aliphatic heterocycles. The molecule has 0 aromatic heterocycles. The van der Waals surface area contributed by atoms with Gasteiger partial charge in [0.05, 0.1) is 6.54 Å². The molecule has 0 unspecified atom stereocenters. The van der Waals surface area contributed by atoms with Crippen LogP contribution in [0.5, 0.6) is 0 Å². The number of guanidine groups is 1. The van der Waals surface area contributed by atoms with Gasteiger partial charge in [-0.2, -0.15) is 0 Å². The van der Waals surface area contributed by atoms with Gasteiger partial charge in [-0.3, -0.25) is 0 Å². The number of benzene rings is 1. The van der Waals surface area contributed by atoms with Gasteiger partial charge in [0.15, 0.2) is 5.96 Å². The lowest BCUT2D eigenvalue weighted by atomic mass is 9.88. The van der Waals surface area contributed by atoms with Crippen LogP contribution in [0.1, 0.15) is 25.3 Å². The maximum absolute atomic E-state index is 13.3. The Bertz CT molecular complexity index is 542. The van der Waals surface area contributed by atoms with E-state index in [-0.39, 0.29) is 11.4 Å². The average Bonchev–Trinajstić information content (AvgIpc) is 2.58. The highest BCUT2D eigenvalue weighted by molar-refractivity contribution is 5.79. The Morgan fingerprint density at radius 1 is 1.29 bits per heavy atom. The third-order valence-electron chi connectivity index (χ3n) is 4.61. The van der Waals surface area contributed by atoms with Crippen molar-refractivity contribution in [2.75, 3.05) is 40.4 Å². The number of nitrogens with zero attached hydrogens (tertiary/aromatic N) is 2. The molecule has 5 nitrogen and oxygen atoms in total. The van der Waals surface area contributed by atoms with E-state index in [0.717, 1.165) is 50.7 Å². The van der Waals surface area contributed by atoms with Gasteiger partial charge in [-0.05, 0) is 51.6 Å². The zero-order valence-electron chi connectivity index (χ0n) is 14.9. The number of nitrogens with one attached hydrogen (secondary N) is 2. The van der Waals surface area contributed by atoms with Crippen molar-refractivity contribution in [2.24, 2.45) is 4.99 Å². The lowest BCUT2D eigenvalue weighted by Crippen LogP contribution is -2.57. The Hall–Kier alpha value is -1.66. The Labute approximate surface area is 144 Å². The monoisotopic (exact) mass is 336 g/mol. The van der Waals surface area contributed by atoms with Gasteiger partial charge in [-0.25, -0.2) is 9.38 Å². The Kier molecular flexibility index (Phi) is 6.99. The Morgan fingerprint density at radius 3 is 2.67 bits per heavy atom. The van der Waals surface area contributed by atoms with Gasteiger partial charge in [0.25, 0.3) is 0 Å². The minimum atomic E-state index is -0.227. The summed E-state index contributed by atoms with van der Waals surface area (Å²) < 4.78 is 18.8. The molecule has 24 heavy (non-hydrogen) atoms. The van der Waals surface area contributed by atoms with Crippen LogP contribution in [0.4, 0.5) is 4.39 Å². The molecule has 0 radical (unpaired) electrons. The van der Waals surface area contributed by atoms with Gasteiger partial charge >= 0.3 is 0 Å². The maximum Gasteiger partial charge on any atom is 0.191 e. The summed E-state index contributed by atoms with van der Waals surface area (Å²) in [4.78, 5) is 6.85. The van der Waals surface area contributed by atoms with E-state index in [9.17, 15) is 4.39 Å². The fraction of sp³-hybridized carbons (Fsp3) is 0.611. The second-order valence-electron chi connectivity index (χ2n) is 6.41. The third kappa shape index (κ3) is 5.18. The first kappa shape index (κ1) is 18.7. The van der Waals surface area contributed by atoms with Gasteiger partial charge in [-0.1, -0.05) is 12.1 Å². The van der Waals surface area contributed by atoms with Crippen molar-refractivity contribution in [3.63, 3.8) is 0 Å². The molecule has 0 spiro atoms. The molecule has 1 fully saturated rings. The number of aliphatic imine (C=N–C) groups is 1. The summed E-state index contributed by atoms with van der Waals surface area (Å²) in [6, 6.07) is 6.56. The van der Waals surface area contributed by atoms with E-state index in [1.54, 1.807) is 6.07 Å². The minimum Gasteiger partial charge on any atom is -0.381 e. The summed E-state index contributed by atoms with van der Waals surface area (Å²) in [7, 11) is 4.23. The Morgan fingerprint density at radius 2 is 2.04 bits per heavy atom. The smallest absolute Gasteiger partial charge is 0.191 e. The van der Waals surface area contributed by atoms with Gasteiger partial charge < -0.3 is 20.3 Å². The molecule has 0 aliphatic carbocycles. The van der Waals surface area contributed by atoms with E-state index < -0.39 is 0 Å². The first-order valence-electron chi connectivity index (χ1n) is 8.57. The lowest BCUT2D eigenvalue weighted by molar-refractivity contribution is -0.00501. The van der Waals surface area contributed by atoms with Crippen LogP contribution in [0.25, 0.3) is 0 Å². The zero-order chi connectivity index (χ0) is 17.4. The highest BCUT2D eigenvalue weighted by Crippen LogP contribution is 2.25. The number of likely N-dealkylation sites (N-methyl/N-ethyl adjacent to an activating group) is 1. The van der Waals surface area contributed by atoms with Crippen LogP contribution >= 0.6 is 0 Å². The van der Waals surface area contributed by atoms with Crippen molar-refractivity contribution in [3.8, 4) is 0 Å². The molecule has 1 saturated heterocycles. The van der Waals surface area contributed by atoms with E-state index >= 15 is 0 Å². The van der Waals surface area contributed by atoms with Crippen LogP contribution in [0, 0.1) is 5.82 Å². The van der Waals surface area contributed by atoms with Gasteiger partial charge in [0.1, 0.15) is 5.82 Å².